The molecule has 138 valence electrons. The Balaban J connectivity index is 1.47. The molecule has 2 atom stereocenters. The van der Waals surface area contributed by atoms with Crippen LogP contribution < -0.4 is 15.5 Å². The molecule has 0 aromatic carbocycles. The first kappa shape index (κ1) is 18.3. The number of nitrogens with one attached hydrogen (secondary N) is 2. The number of pyridine rings is 1. The van der Waals surface area contributed by atoms with E-state index in [1.807, 2.05) is 19.2 Å². The maximum atomic E-state index is 6.26. The van der Waals surface area contributed by atoms with E-state index in [0.717, 1.165) is 43.9 Å². The fourth-order valence-corrected chi connectivity index (χ4v) is 3.54. The molecule has 2 unspecified atom stereocenters. The number of hydrogen-bond donors (Lipinski definition) is 2. The van der Waals surface area contributed by atoms with Crippen LogP contribution in [0, 0.1) is 0 Å². The number of rotatable bonds is 6. The van der Waals surface area contributed by atoms with E-state index in [-0.39, 0.29) is 0 Å². The van der Waals surface area contributed by atoms with E-state index >= 15 is 0 Å². The minimum atomic E-state index is 0.348. The van der Waals surface area contributed by atoms with Crippen molar-refractivity contribution in [2.24, 2.45) is 4.99 Å². The molecule has 2 N–H and O–H groups in total. The number of nitrogens with zero attached hydrogens (tertiary/aromatic N) is 4. The third-order valence-corrected chi connectivity index (χ3v) is 5.47. The lowest BCUT2D eigenvalue weighted by molar-refractivity contribution is 0.247. The molecule has 0 spiro atoms. The Morgan fingerprint density at radius 2 is 2.28 bits per heavy atom. The zero-order valence-corrected chi connectivity index (χ0v) is 16.1. The molecule has 0 amide bonds. The van der Waals surface area contributed by atoms with Gasteiger partial charge < -0.3 is 15.5 Å². The molecule has 1 saturated carbocycles. The molecule has 1 aromatic heterocycles. The molecule has 25 heavy (non-hydrogen) atoms. The van der Waals surface area contributed by atoms with Crippen molar-refractivity contribution in [3.05, 3.63) is 23.4 Å². The molecule has 1 saturated heterocycles. The van der Waals surface area contributed by atoms with Gasteiger partial charge >= 0.3 is 0 Å². The van der Waals surface area contributed by atoms with Crippen LogP contribution in [0.15, 0.2) is 23.3 Å². The smallest absolute Gasteiger partial charge is 0.191 e. The molecule has 0 bridgehead atoms. The molecule has 2 heterocycles. The largest absolute Gasteiger partial charge is 0.355 e. The van der Waals surface area contributed by atoms with Gasteiger partial charge in [-0.3, -0.25) is 9.89 Å². The van der Waals surface area contributed by atoms with Crippen molar-refractivity contribution in [2.45, 2.75) is 44.3 Å². The maximum absolute atomic E-state index is 6.26. The Morgan fingerprint density at radius 1 is 1.48 bits per heavy atom. The van der Waals surface area contributed by atoms with Crippen molar-refractivity contribution >= 4 is 23.4 Å². The molecule has 7 heteroatoms. The van der Waals surface area contributed by atoms with Crippen LogP contribution in [0.5, 0.6) is 0 Å². The summed E-state index contributed by atoms with van der Waals surface area (Å²) < 4.78 is 0. The van der Waals surface area contributed by atoms with Gasteiger partial charge in [0.1, 0.15) is 5.82 Å². The number of halogens is 1. The highest BCUT2D eigenvalue weighted by Crippen LogP contribution is 2.27. The maximum Gasteiger partial charge on any atom is 0.191 e. The number of likely N-dealkylation sites (N-methyl/N-ethyl adjacent to an activating group) is 1. The second-order valence-electron chi connectivity index (χ2n) is 7.08. The lowest BCUT2D eigenvalue weighted by Crippen LogP contribution is -2.48. The number of guanidine groups is 1. The highest BCUT2D eigenvalue weighted by Gasteiger charge is 2.29. The minimum absolute atomic E-state index is 0.348. The van der Waals surface area contributed by atoms with Crippen LogP contribution in [0.2, 0.25) is 5.02 Å². The molecule has 1 aliphatic heterocycles. The topological polar surface area (TPSA) is 55.8 Å². The molecule has 2 fully saturated rings. The number of anilines is 1. The van der Waals surface area contributed by atoms with E-state index in [1.165, 1.54) is 12.8 Å². The van der Waals surface area contributed by atoms with Crippen molar-refractivity contribution < 1.29 is 0 Å². The lowest BCUT2D eigenvalue weighted by Gasteiger charge is -2.26. The van der Waals surface area contributed by atoms with Gasteiger partial charge in [-0.1, -0.05) is 11.6 Å². The summed E-state index contributed by atoms with van der Waals surface area (Å²) in [6.07, 6.45) is 5.51. The zero-order chi connectivity index (χ0) is 17.8. The molecule has 1 aliphatic carbocycles. The first-order chi connectivity index (χ1) is 12.1. The lowest BCUT2D eigenvalue weighted by atomic mass is 10.2. The molecule has 6 nitrogen and oxygen atoms in total. The summed E-state index contributed by atoms with van der Waals surface area (Å²) in [7, 11) is 4.04. The Morgan fingerprint density at radius 3 is 2.96 bits per heavy atom. The van der Waals surface area contributed by atoms with Crippen LogP contribution >= 0.6 is 11.6 Å². The van der Waals surface area contributed by atoms with E-state index in [4.69, 9.17) is 11.6 Å². The van der Waals surface area contributed by atoms with E-state index in [0.29, 0.717) is 17.1 Å². The van der Waals surface area contributed by atoms with Gasteiger partial charge in [0, 0.05) is 51.0 Å². The number of hydrogen-bond acceptors (Lipinski definition) is 4. The van der Waals surface area contributed by atoms with Crippen LogP contribution in [-0.2, 0) is 0 Å². The summed E-state index contributed by atoms with van der Waals surface area (Å²) >= 11 is 6.26. The average Bonchev–Trinajstić information content (AvgIpc) is 3.37. The van der Waals surface area contributed by atoms with Crippen molar-refractivity contribution in [1.29, 1.82) is 0 Å². The fraction of sp³-hybridized carbons (Fsp3) is 0.667. The van der Waals surface area contributed by atoms with E-state index < -0.39 is 0 Å². The quantitative estimate of drug-likeness (QED) is 0.597. The van der Waals surface area contributed by atoms with Gasteiger partial charge in [-0.2, -0.15) is 0 Å². The van der Waals surface area contributed by atoms with Crippen molar-refractivity contribution in [1.82, 2.24) is 20.5 Å². The highest BCUT2D eigenvalue weighted by molar-refractivity contribution is 6.32. The van der Waals surface area contributed by atoms with Crippen LogP contribution in [0.4, 0.5) is 5.82 Å². The monoisotopic (exact) mass is 364 g/mol. The SMILES string of the molecule is CN=C(NCC(C)N(C)C1CC1)NC1CCN(c2ncccc2Cl)C1. The van der Waals surface area contributed by atoms with Crippen LogP contribution in [0.25, 0.3) is 0 Å². The predicted octanol–water partition coefficient (Wildman–Crippen LogP) is 1.96. The number of aromatic nitrogens is 1. The standard InChI is InChI=1S/C18H29ClN6/c1-13(24(3)15-6-7-15)11-22-18(20-2)23-14-8-10-25(12-14)17-16(19)5-4-9-21-17/h4-5,9,13-15H,6-8,10-12H2,1-3H3,(H2,20,22,23). The Kier molecular flexibility index (Phi) is 6.02. The molecular weight excluding hydrogens is 336 g/mol. The van der Waals surface area contributed by atoms with Crippen LogP contribution in [0.1, 0.15) is 26.2 Å². The normalized spacial score (nSPS) is 22.4. The Labute approximate surface area is 155 Å². The molecule has 1 aromatic rings. The van der Waals surface area contributed by atoms with Gasteiger partial charge in [0.25, 0.3) is 0 Å². The van der Waals surface area contributed by atoms with E-state index in [9.17, 15) is 0 Å². The van der Waals surface area contributed by atoms with Crippen LogP contribution in [-0.4, -0.2) is 67.7 Å². The molecule has 0 radical (unpaired) electrons. The van der Waals surface area contributed by atoms with E-state index in [1.54, 1.807) is 6.20 Å². The van der Waals surface area contributed by atoms with Crippen LogP contribution in [0.3, 0.4) is 0 Å². The van der Waals surface area contributed by atoms with E-state index in [2.05, 4.69) is 44.4 Å². The summed E-state index contributed by atoms with van der Waals surface area (Å²) in [6, 6.07) is 5.38. The fourth-order valence-electron chi connectivity index (χ4n) is 3.30. The summed E-state index contributed by atoms with van der Waals surface area (Å²) in [5, 5.41) is 7.71. The van der Waals surface area contributed by atoms with Gasteiger partial charge in [0.05, 0.1) is 5.02 Å². The van der Waals surface area contributed by atoms with Gasteiger partial charge in [-0.15, -0.1) is 0 Å². The average molecular weight is 365 g/mol. The predicted molar refractivity (Wildman–Crippen MR) is 105 cm³/mol. The number of aliphatic imine (C=N–C) groups is 1. The second kappa shape index (κ2) is 8.23. The second-order valence-corrected chi connectivity index (χ2v) is 7.49. The van der Waals surface area contributed by atoms with Gasteiger partial charge in [-0.25, -0.2) is 4.98 Å². The molecular formula is C18H29ClN6. The molecule has 2 aliphatic rings. The van der Waals surface area contributed by atoms with Crippen molar-refractivity contribution in [2.75, 3.05) is 38.6 Å². The molecule has 3 rings (SSSR count). The Hall–Kier alpha value is -1.53. The van der Waals surface area contributed by atoms with Crippen molar-refractivity contribution in [3.8, 4) is 0 Å². The third-order valence-electron chi connectivity index (χ3n) is 5.17. The summed E-state index contributed by atoms with van der Waals surface area (Å²) in [5.74, 6) is 1.74. The third kappa shape index (κ3) is 4.76. The minimum Gasteiger partial charge on any atom is -0.355 e. The van der Waals surface area contributed by atoms with Gasteiger partial charge in [-0.05, 0) is 45.4 Å². The summed E-state index contributed by atoms with van der Waals surface area (Å²) in [4.78, 5) is 13.5. The van der Waals surface area contributed by atoms with Gasteiger partial charge in [0.2, 0.25) is 0 Å². The highest BCUT2D eigenvalue weighted by atomic mass is 35.5. The first-order valence-electron chi connectivity index (χ1n) is 9.13. The van der Waals surface area contributed by atoms with Crippen molar-refractivity contribution in [3.63, 3.8) is 0 Å². The first-order valence-corrected chi connectivity index (χ1v) is 9.51. The summed E-state index contributed by atoms with van der Waals surface area (Å²) in [5.41, 5.74) is 0. The zero-order valence-electron chi connectivity index (χ0n) is 15.4. The van der Waals surface area contributed by atoms with Gasteiger partial charge in [0.15, 0.2) is 5.96 Å². The summed E-state index contributed by atoms with van der Waals surface area (Å²) in [6.45, 7) is 5.00. The Bertz CT molecular complexity index is 603.